The van der Waals surface area contributed by atoms with Crippen LogP contribution in [-0.2, 0) is 16.1 Å². The first-order valence-corrected chi connectivity index (χ1v) is 14.4. The summed E-state index contributed by atoms with van der Waals surface area (Å²) in [6, 6.07) is 5.88. The number of fused-ring (bicyclic) bond motifs is 2. The lowest BCUT2D eigenvalue weighted by atomic mass is 9.86. The fraction of sp³-hybridized carbons (Fsp3) is 0.621. The SMILES string of the molecule is O=C(O)C1CCC(NC(=O)N2C3CCC2CC(OCc2c(-c4ccccc4OC(F)(F)F)noc2C2CC2)C3)CC1. The number of aliphatic carboxylic acids is 1. The van der Waals surface area contributed by atoms with Crippen molar-refractivity contribution in [2.24, 2.45) is 5.92 Å². The molecule has 41 heavy (non-hydrogen) atoms. The third-order valence-corrected chi connectivity index (χ3v) is 8.93. The van der Waals surface area contributed by atoms with Crippen molar-refractivity contribution in [1.29, 1.82) is 0 Å². The van der Waals surface area contributed by atoms with E-state index in [1.165, 1.54) is 18.2 Å². The molecule has 2 unspecified atom stereocenters. The predicted molar refractivity (Wildman–Crippen MR) is 139 cm³/mol. The van der Waals surface area contributed by atoms with Gasteiger partial charge in [0.1, 0.15) is 17.2 Å². The van der Waals surface area contributed by atoms with Crippen LogP contribution in [0.15, 0.2) is 28.8 Å². The van der Waals surface area contributed by atoms with Crippen molar-refractivity contribution < 1.29 is 41.9 Å². The van der Waals surface area contributed by atoms with Crippen LogP contribution in [0, 0.1) is 5.92 Å². The first kappa shape index (κ1) is 27.9. The Morgan fingerprint density at radius 3 is 2.34 bits per heavy atom. The molecule has 2 aliphatic heterocycles. The van der Waals surface area contributed by atoms with Gasteiger partial charge in [0, 0.05) is 35.2 Å². The topological polar surface area (TPSA) is 114 Å². The summed E-state index contributed by atoms with van der Waals surface area (Å²) in [5, 5.41) is 16.5. The Morgan fingerprint density at radius 2 is 1.71 bits per heavy atom. The maximum absolute atomic E-state index is 13.2. The van der Waals surface area contributed by atoms with Gasteiger partial charge in [0.25, 0.3) is 0 Å². The number of ether oxygens (including phenoxy) is 2. The molecule has 2 saturated heterocycles. The van der Waals surface area contributed by atoms with Crippen molar-refractivity contribution in [2.75, 3.05) is 0 Å². The van der Waals surface area contributed by atoms with Crippen molar-refractivity contribution in [3.63, 3.8) is 0 Å². The molecule has 2 aliphatic carbocycles. The standard InChI is InChI=1S/C29H34F3N3O6/c30-29(31,32)40-24-4-2-1-3-22(24)25-23(26(41-34-25)16-5-6-16)15-39-21-13-19-11-12-20(14-21)35(19)28(38)33-18-9-7-17(8-10-18)27(36)37/h1-4,16-21H,5-15H2,(H,33,38)(H,36,37). The Morgan fingerprint density at radius 1 is 1.02 bits per heavy atom. The van der Waals surface area contributed by atoms with E-state index in [0.29, 0.717) is 55.5 Å². The highest BCUT2D eigenvalue weighted by Gasteiger charge is 2.45. The number of hydrogen-bond donors (Lipinski definition) is 2. The van der Waals surface area contributed by atoms with Gasteiger partial charge in [-0.05, 0) is 76.3 Å². The zero-order valence-corrected chi connectivity index (χ0v) is 22.6. The molecule has 1 aromatic carbocycles. The summed E-state index contributed by atoms with van der Waals surface area (Å²) in [6.07, 6.45) is 2.49. The number of hydrogen-bond acceptors (Lipinski definition) is 6. The van der Waals surface area contributed by atoms with Crippen molar-refractivity contribution in [2.45, 2.75) is 107 Å². The fourth-order valence-corrected chi connectivity index (χ4v) is 6.75. The second-order valence-electron chi connectivity index (χ2n) is 11.7. The Labute approximate surface area is 235 Å². The molecule has 4 fully saturated rings. The summed E-state index contributed by atoms with van der Waals surface area (Å²) in [4.78, 5) is 26.4. The number of amides is 2. The van der Waals surface area contributed by atoms with Crippen LogP contribution in [-0.4, -0.2) is 57.8 Å². The second-order valence-corrected chi connectivity index (χ2v) is 11.7. The number of piperidine rings is 1. The molecular weight excluding hydrogens is 543 g/mol. The molecule has 0 spiro atoms. The third kappa shape index (κ3) is 6.17. The van der Waals surface area contributed by atoms with E-state index < -0.39 is 12.3 Å². The normalized spacial score (nSPS) is 28.0. The number of rotatable bonds is 8. The van der Waals surface area contributed by atoms with E-state index in [4.69, 9.17) is 9.26 Å². The summed E-state index contributed by atoms with van der Waals surface area (Å²) < 4.78 is 55.5. The number of halogens is 3. The summed E-state index contributed by atoms with van der Waals surface area (Å²) in [5.74, 6) is -0.608. The van der Waals surface area contributed by atoms with E-state index in [1.807, 2.05) is 4.90 Å². The number of benzene rings is 1. The maximum atomic E-state index is 13.2. The monoisotopic (exact) mass is 577 g/mol. The summed E-state index contributed by atoms with van der Waals surface area (Å²) in [7, 11) is 0. The number of carbonyl (C=O) groups is 2. The summed E-state index contributed by atoms with van der Waals surface area (Å²) >= 11 is 0. The van der Waals surface area contributed by atoms with Gasteiger partial charge in [0.15, 0.2) is 0 Å². The average molecular weight is 578 g/mol. The van der Waals surface area contributed by atoms with Crippen LogP contribution in [0.1, 0.15) is 81.4 Å². The molecule has 2 atom stereocenters. The number of para-hydroxylation sites is 1. The van der Waals surface area contributed by atoms with Gasteiger partial charge >= 0.3 is 18.4 Å². The van der Waals surface area contributed by atoms with Crippen LogP contribution >= 0.6 is 0 Å². The first-order valence-electron chi connectivity index (χ1n) is 14.4. The van der Waals surface area contributed by atoms with Gasteiger partial charge in [-0.25, -0.2) is 4.79 Å². The Hall–Kier alpha value is -3.28. The van der Waals surface area contributed by atoms with Crippen molar-refractivity contribution >= 4 is 12.0 Å². The minimum atomic E-state index is -4.84. The number of aromatic nitrogens is 1. The van der Waals surface area contributed by atoms with E-state index >= 15 is 0 Å². The number of alkyl halides is 3. The molecular formula is C29H34F3N3O6. The molecule has 1 aromatic heterocycles. The van der Waals surface area contributed by atoms with E-state index in [1.54, 1.807) is 6.07 Å². The van der Waals surface area contributed by atoms with E-state index in [9.17, 15) is 27.9 Å². The number of nitrogens with zero attached hydrogens (tertiary/aromatic N) is 2. The van der Waals surface area contributed by atoms with E-state index in [0.717, 1.165) is 25.7 Å². The third-order valence-electron chi connectivity index (χ3n) is 8.93. The fourth-order valence-electron chi connectivity index (χ4n) is 6.75. The molecule has 9 nitrogen and oxygen atoms in total. The minimum Gasteiger partial charge on any atom is -0.481 e. The average Bonchev–Trinajstić information content (AvgIpc) is 3.63. The van der Waals surface area contributed by atoms with Gasteiger partial charge in [-0.3, -0.25) is 4.79 Å². The van der Waals surface area contributed by atoms with Gasteiger partial charge in [-0.15, -0.1) is 13.2 Å². The Kier molecular flexibility index (Phi) is 7.60. The zero-order valence-electron chi connectivity index (χ0n) is 22.6. The van der Waals surface area contributed by atoms with Crippen LogP contribution in [0.4, 0.5) is 18.0 Å². The van der Waals surface area contributed by atoms with Crippen LogP contribution in [0.5, 0.6) is 5.75 Å². The summed E-state index contributed by atoms with van der Waals surface area (Å²) in [5.41, 5.74) is 1.14. The summed E-state index contributed by atoms with van der Waals surface area (Å²) in [6.45, 7) is 0.147. The molecule has 222 valence electrons. The Bertz CT molecular complexity index is 1260. The first-order chi connectivity index (χ1) is 19.7. The van der Waals surface area contributed by atoms with Gasteiger partial charge < -0.3 is 29.3 Å². The molecule has 2 amide bonds. The lowest BCUT2D eigenvalue weighted by Crippen LogP contribution is -2.54. The van der Waals surface area contributed by atoms with Gasteiger partial charge in [0.05, 0.1) is 18.6 Å². The molecule has 2 N–H and O–H groups in total. The predicted octanol–water partition coefficient (Wildman–Crippen LogP) is 5.98. The van der Waals surface area contributed by atoms with Gasteiger partial charge in [-0.1, -0.05) is 17.3 Å². The molecule has 6 rings (SSSR count). The van der Waals surface area contributed by atoms with Crippen molar-refractivity contribution in [3.8, 4) is 17.0 Å². The highest BCUT2D eigenvalue weighted by atomic mass is 19.4. The molecule has 2 aromatic rings. The highest BCUT2D eigenvalue weighted by Crippen LogP contribution is 2.46. The van der Waals surface area contributed by atoms with E-state index in [2.05, 4.69) is 15.2 Å². The molecule has 4 aliphatic rings. The lowest BCUT2D eigenvalue weighted by molar-refractivity contribution is -0.274. The highest BCUT2D eigenvalue weighted by molar-refractivity contribution is 5.76. The van der Waals surface area contributed by atoms with Crippen molar-refractivity contribution in [1.82, 2.24) is 15.4 Å². The smallest absolute Gasteiger partial charge is 0.481 e. The molecule has 2 saturated carbocycles. The van der Waals surface area contributed by atoms with Crippen LogP contribution < -0.4 is 10.1 Å². The maximum Gasteiger partial charge on any atom is 0.573 e. The van der Waals surface area contributed by atoms with Crippen LogP contribution in [0.2, 0.25) is 0 Å². The number of urea groups is 1. The molecule has 0 radical (unpaired) electrons. The van der Waals surface area contributed by atoms with E-state index in [-0.39, 0.29) is 60.0 Å². The van der Waals surface area contributed by atoms with Gasteiger partial charge in [-0.2, -0.15) is 0 Å². The van der Waals surface area contributed by atoms with Crippen molar-refractivity contribution in [3.05, 3.63) is 35.6 Å². The Balaban J connectivity index is 1.10. The van der Waals surface area contributed by atoms with Crippen LogP contribution in [0.25, 0.3) is 11.3 Å². The number of carbonyl (C=O) groups excluding carboxylic acids is 1. The molecule has 2 bridgehead atoms. The van der Waals surface area contributed by atoms with Gasteiger partial charge in [0.2, 0.25) is 0 Å². The molecule has 12 heteroatoms. The zero-order chi connectivity index (χ0) is 28.7. The minimum absolute atomic E-state index is 0.0106. The quantitative estimate of drug-likeness (QED) is 0.397. The number of carboxylic acid groups (broad SMARTS) is 1. The number of carboxylic acids is 1. The lowest BCUT2D eigenvalue weighted by Gasteiger charge is -2.40. The number of nitrogens with one attached hydrogen (secondary N) is 1. The van der Waals surface area contributed by atoms with Crippen LogP contribution in [0.3, 0.4) is 0 Å². The molecule has 3 heterocycles. The second kappa shape index (κ2) is 11.2. The largest absolute Gasteiger partial charge is 0.573 e.